The molecular formula is C9H17N3S. The molecule has 0 aliphatic carbocycles. The Bertz CT molecular complexity index is 238. The Balaban J connectivity index is 2.35. The molecule has 1 unspecified atom stereocenters. The van der Waals surface area contributed by atoms with Gasteiger partial charge in [-0.3, -0.25) is 0 Å². The largest absolute Gasteiger partial charge is 0.360 e. The van der Waals surface area contributed by atoms with Crippen molar-refractivity contribution < 1.29 is 0 Å². The third-order valence-electron chi connectivity index (χ3n) is 2.40. The number of nitrogens with one attached hydrogen (secondary N) is 1. The lowest BCUT2D eigenvalue weighted by Crippen LogP contribution is -2.24. The number of anilines is 1. The Morgan fingerprint density at radius 1 is 1.54 bits per heavy atom. The van der Waals surface area contributed by atoms with Gasteiger partial charge < -0.3 is 5.32 Å². The van der Waals surface area contributed by atoms with Crippen molar-refractivity contribution in [3.63, 3.8) is 0 Å². The SMILES string of the molecule is CC(CNc1ncns1)C(C)(C)C. The highest BCUT2D eigenvalue weighted by atomic mass is 32.1. The molecule has 0 aliphatic rings. The zero-order valence-electron chi connectivity index (χ0n) is 8.66. The van der Waals surface area contributed by atoms with Crippen molar-refractivity contribution in [1.82, 2.24) is 9.36 Å². The highest BCUT2D eigenvalue weighted by molar-refractivity contribution is 7.09. The predicted octanol–water partition coefficient (Wildman–Crippen LogP) is 2.63. The number of hydrogen-bond donors (Lipinski definition) is 1. The van der Waals surface area contributed by atoms with Gasteiger partial charge in [-0.2, -0.15) is 4.37 Å². The monoisotopic (exact) mass is 199 g/mol. The van der Waals surface area contributed by atoms with Crippen LogP contribution in [0.5, 0.6) is 0 Å². The van der Waals surface area contributed by atoms with E-state index in [0.29, 0.717) is 11.3 Å². The Labute approximate surface area is 83.8 Å². The van der Waals surface area contributed by atoms with Crippen molar-refractivity contribution in [3.05, 3.63) is 6.33 Å². The molecule has 1 aromatic heterocycles. The lowest BCUT2D eigenvalue weighted by Gasteiger charge is -2.27. The quantitative estimate of drug-likeness (QED) is 0.813. The zero-order valence-corrected chi connectivity index (χ0v) is 9.48. The molecular weight excluding hydrogens is 182 g/mol. The fourth-order valence-corrected chi connectivity index (χ4v) is 1.23. The van der Waals surface area contributed by atoms with Crippen molar-refractivity contribution in [2.24, 2.45) is 11.3 Å². The lowest BCUT2D eigenvalue weighted by atomic mass is 9.82. The van der Waals surface area contributed by atoms with Crippen molar-refractivity contribution >= 4 is 16.7 Å². The van der Waals surface area contributed by atoms with Crippen LogP contribution in [0.3, 0.4) is 0 Å². The molecule has 1 N–H and O–H groups in total. The van der Waals surface area contributed by atoms with Crippen LogP contribution in [0, 0.1) is 11.3 Å². The van der Waals surface area contributed by atoms with Gasteiger partial charge in [0.05, 0.1) is 0 Å². The summed E-state index contributed by atoms with van der Waals surface area (Å²) in [5, 5.41) is 4.19. The van der Waals surface area contributed by atoms with E-state index in [9.17, 15) is 0 Å². The summed E-state index contributed by atoms with van der Waals surface area (Å²) in [5.41, 5.74) is 0.345. The summed E-state index contributed by atoms with van der Waals surface area (Å²) < 4.78 is 3.93. The van der Waals surface area contributed by atoms with Crippen molar-refractivity contribution in [1.29, 1.82) is 0 Å². The van der Waals surface area contributed by atoms with Crippen LogP contribution in [0.15, 0.2) is 6.33 Å². The zero-order chi connectivity index (χ0) is 9.90. The molecule has 1 heterocycles. The predicted molar refractivity (Wildman–Crippen MR) is 57.0 cm³/mol. The maximum absolute atomic E-state index is 4.07. The standard InChI is InChI=1S/C9H17N3S/c1-7(9(2,3)4)5-10-8-11-6-12-13-8/h6-7H,5H2,1-4H3,(H,10,11,12). The molecule has 1 atom stereocenters. The van der Waals surface area contributed by atoms with E-state index in [-0.39, 0.29) is 0 Å². The van der Waals surface area contributed by atoms with E-state index in [2.05, 4.69) is 42.4 Å². The van der Waals surface area contributed by atoms with Gasteiger partial charge >= 0.3 is 0 Å². The topological polar surface area (TPSA) is 37.8 Å². The van der Waals surface area contributed by atoms with Gasteiger partial charge in [0.25, 0.3) is 0 Å². The van der Waals surface area contributed by atoms with Gasteiger partial charge in [0.1, 0.15) is 6.33 Å². The highest BCUT2D eigenvalue weighted by Gasteiger charge is 2.19. The Morgan fingerprint density at radius 3 is 2.69 bits per heavy atom. The third kappa shape index (κ3) is 3.30. The second-order valence-electron chi connectivity index (χ2n) is 4.39. The van der Waals surface area contributed by atoms with E-state index < -0.39 is 0 Å². The van der Waals surface area contributed by atoms with Crippen LogP contribution in [-0.2, 0) is 0 Å². The molecule has 0 saturated carbocycles. The van der Waals surface area contributed by atoms with Gasteiger partial charge in [-0.25, -0.2) is 4.98 Å². The second kappa shape index (κ2) is 4.05. The Kier molecular flexibility index (Phi) is 3.25. The van der Waals surface area contributed by atoms with E-state index in [1.807, 2.05) is 0 Å². The summed E-state index contributed by atoms with van der Waals surface area (Å²) in [6.07, 6.45) is 1.58. The minimum atomic E-state index is 0.345. The molecule has 0 aliphatic heterocycles. The summed E-state index contributed by atoms with van der Waals surface area (Å²) >= 11 is 1.40. The second-order valence-corrected chi connectivity index (χ2v) is 5.17. The molecule has 0 fully saturated rings. The Hall–Kier alpha value is -0.640. The summed E-state index contributed by atoms with van der Waals surface area (Å²) in [4.78, 5) is 4.07. The van der Waals surface area contributed by atoms with Crippen molar-refractivity contribution in [3.8, 4) is 0 Å². The molecule has 3 nitrogen and oxygen atoms in total. The van der Waals surface area contributed by atoms with Crippen LogP contribution in [0.2, 0.25) is 0 Å². The van der Waals surface area contributed by atoms with Gasteiger partial charge in [0, 0.05) is 18.1 Å². The van der Waals surface area contributed by atoms with E-state index >= 15 is 0 Å². The van der Waals surface area contributed by atoms with E-state index in [0.717, 1.165) is 11.7 Å². The number of rotatable bonds is 3. The van der Waals surface area contributed by atoms with Gasteiger partial charge in [0.2, 0.25) is 5.13 Å². The van der Waals surface area contributed by atoms with Gasteiger partial charge in [-0.05, 0) is 11.3 Å². The fraction of sp³-hybridized carbons (Fsp3) is 0.778. The minimum absolute atomic E-state index is 0.345. The molecule has 1 aromatic rings. The van der Waals surface area contributed by atoms with Crippen LogP contribution in [0.25, 0.3) is 0 Å². The number of nitrogens with zero attached hydrogens (tertiary/aromatic N) is 2. The number of hydrogen-bond acceptors (Lipinski definition) is 4. The van der Waals surface area contributed by atoms with Crippen molar-refractivity contribution in [2.45, 2.75) is 27.7 Å². The molecule has 0 spiro atoms. The molecule has 1 rings (SSSR count). The van der Waals surface area contributed by atoms with Crippen LogP contribution < -0.4 is 5.32 Å². The molecule has 0 saturated heterocycles. The van der Waals surface area contributed by atoms with E-state index in [1.165, 1.54) is 11.5 Å². The minimum Gasteiger partial charge on any atom is -0.360 e. The Morgan fingerprint density at radius 2 is 2.23 bits per heavy atom. The first-order chi connectivity index (χ1) is 6.00. The molecule has 0 radical (unpaired) electrons. The van der Waals surface area contributed by atoms with E-state index in [1.54, 1.807) is 6.33 Å². The first-order valence-corrected chi connectivity index (χ1v) is 5.28. The first kappa shape index (κ1) is 10.4. The van der Waals surface area contributed by atoms with Gasteiger partial charge in [0.15, 0.2) is 0 Å². The maximum atomic E-state index is 4.07. The van der Waals surface area contributed by atoms with Crippen molar-refractivity contribution in [2.75, 3.05) is 11.9 Å². The molecule has 0 amide bonds. The summed E-state index contributed by atoms with van der Waals surface area (Å²) in [5.74, 6) is 0.622. The molecule has 0 aromatic carbocycles. The van der Waals surface area contributed by atoms with Crippen LogP contribution in [-0.4, -0.2) is 15.9 Å². The van der Waals surface area contributed by atoms with Gasteiger partial charge in [-0.15, -0.1) is 0 Å². The summed E-state index contributed by atoms with van der Waals surface area (Å²) in [6.45, 7) is 9.95. The van der Waals surface area contributed by atoms with Crippen LogP contribution in [0.4, 0.5) is 5.13 Å². The third-order valence-corrected chi connectivity index (χ3v) is 3.02. The summed E-state index contributed by atoms with van der Waals surface area (Å²) in [6, 6.07) is 0. The number of aromatic nitrogens is 2. The smallest absolute Gasteiger partial charge is 0.202 e. The maximum Gasteiger partial charge on any atom is 0.202 e. The van der Waals surface area contributed by atoms with Crippen LogP contribution >= 0.6 is 11.5 Å². The lowest BCUT2D eigenvalue weighted by molar-refractivity contribution is 0.274. The summed E-state index contributed by atoms with van der Waals surface area (Å²) in [7, 11) is 0. The van der Waals surface area contributed by atoms with Crippen LogP contribution in [0.1, 0.15) is 27.7 Å². The average molecular weight is 199 g/mol. The molecule has 13 heavy (non-hydrogen) atoms. The molecule has 74 valence electrons. The first-order valence-electron chi connectivity index (χ1n) is 4.50. The average Bonchev–Trinajstić information content (AvgIpc) is 2.50. The highest BCUT2D eigenvalue weighted by Crippen LogP contribution is 2.25. The van der Waals surface area contributed by atoms with Gasteiger partial charge in [-0.1, -0.05) is 27.7 Å². The fourth-order valence-electron chi connectivity index (χ4n) is 0.798. The van der Waals surface area contributed by atoms with E-state index in [4.69, 9.17) is 0 Å². The molecule has 4 heteroatoms. The normalized spacial score (nSPS) is 14.2. The molecule has 0 bridgehead atoms.